The Morgan fingerprint density at radius 2 is 2.23 bits per heavy atom. The number of carbonyl (C=O) groups is 1. The summed E-state index contributed by atoms with van der Waals surface area (Å²) in [5.74, 6) is -0.562. The number of ketones is 1. The fourth-order valence-corrected chi connectivity index (χ4v) is 5.40. The first-order valence-electron chi connectivity index (χ1n) is 7.77. The Kier molecular flexibility index (Phi) is 3.31. The predicted molar refractivity (Wildman–Crippen MR) is 103 cm³/mol. The molecule has 0 saturated carbocycles. The number of hydrogen-bond acceptors (Lipinski definition) is 6. The van der Waals surface area contributed by atoms with Crippen LogP contribution in [0.15, 0.2) is 50.1 Å². The molecule has 0 bridgehead atoms. The number of halogens is 2. The molecule has 130 valence electrons. The third kappa shape index (κ3) is 1.93. The summed E-state index contributed by atoms with van der Waals surface area (Å²) < 4.78 is 19.3. The van der Waals surface area contributed by atoms with Gasteiger partial charge in [-0.3, -0.25) is 15.2 Å². The maximum atomic E-state index is 14.1. The van der Waals surface area contributed by atoms with Gasteiger partial charge in [-0.25, -0.2) is 8.79 Å². The first-order valence-corrected chi connectivity index (χ1v) is 9.34. The normalized spacial score (nSPS) is 25.0. The molecule has 1 aromatic carbocycles. The third-order valence-electron chi connectivity index (χ3n) is 4.82. The maximum absolute atomic E-state index is 14.1. The van der Waals surface area contributed by atoms with Crippen LogP contribution >= 0.6 is 27.9 Å². The van der Waals surface area contributed by atoms with Crippen molar-refractivity contribution in [3.63, 3.8) is 0 Å². The van der Waals surface area contributed by atoms with Crippen LogP contribution in [0, 0.1) is 5.82 Å². The first kappa shape index (κ1) is 16.0. The van der Waals surface area contributed by atoms with Gasteiger partial charge in [0.25, 0.3) is 0 Å². The zero-order valence-corrected chi connectivity index (χ0v) is 15.5. The number of allylic oxidation sites excluding steroid dienone is 2. The number of nitrogens with zero attached hydrogens (tertiary/aromatic N) is 2. The minimum Gasteiger partial charge on any atom is -0.395 e. The Hall–Kier alpha value is -2.23. The van der Waals surface area contributed by atoms with Crippen LogP contribution in [-0.4, -0.2) is 33.6 Å². The molecule has 1 aliphatic carbocycles. The average Bonchev–Trinajstić information content (AvgIpc) is 3.27. The molecule has 26 heavy (non-hydrogen) atoms. The van der Waals surface area contributed by atoms with Crippen molar-refractivity contribution in [3.8, 4) is 0 Å². The SMILES string of the molecule is NC1=C2C(c3ccc(F)c4[nH]ncc34)=CC(Br)=C3C=NSC32NCC1=O. The summed E-state index contributed by atoms with van der Waals surface area (Å²) in [6.07, 6.45) is 5.23. The van der Waals surface area contributed by atoms with Gasteiger partial charge in [-0.05, 0) is 23.3 Å². The van der Waals surface area contributed by atoms with Gasteiger partial charge >= 0.3 is 0 Å². The number of nitrogens with one attached hydrogen (secondary N) is 2. The van der Waals surface area contributed by atoms with E-state index in [1.54, 1.807) is 18.5 Å². The third-order valence-corrected chi connectivity index (χ3v) is 6.53. The molecule has 5 rings (SSSR count). The minimum absolute atomic E-state index is 0.132. The van der Waals surface area contributed by atoms with Gasteiger partial charge in [-0.1, -0.05) is 22.0 Å². The standard InChI is InChI=1S/C17H11BrFN5OS/c18-11-3-8(7-1-2-12(19)16-9(7)4-22-24-16)14-15(20)13(25)6-21-17(14)10(11)5-23-26-17/h1-5,21H,6,20H2,(H,22,24). The van der Waals surface area contributed by atoms with Crippen LogP contribution in [0.3, 0.4) is 0 Å². The molecule has 6 nitrogen and oxygen atoms in total. The minimum atomic E-state index is -0.731. The summed E-state index contributed by atoms with van der Waals surface area (Å²) in [5.41, 5.74) is 9.81. The Morgan fingerprint density at radius 1 is 1.38 bits per heavy atom. The van der Waals surface area contributed by atoms with Crippen molar-refractivity contribution in [2.24, 2.45) is 10.1 Å². The van der Waals surface area contributed by atoms with Crippen molar-refractivity contribution in [1.29, 1.82) is 0 Å². The largest absolute Gasteiger partial charge is 0.395 e. The summed E-state index contributed by atoms with van der Waals surface area (Å²) >= 11 is 4.93. The van der Waals surface area contributed by atoms with Crippen molar-refractivity contribution in [2.75, 3.05) is 6.54 Å². The summed E-state index contributed by atoms with van der Waals surface area (Å²) in [6.45, 7) is 0.132. The van der Waals surface area contributed by atoms with E-state index < -0.39 is 4.87 Å². The number of carbonyl (C=O) groups excluding carboxylic acids is 1. The molecule has 1 aromatic heterocycles. The van der Waals surface area contributed by atoms with Crippen molar-refractivity contribution < 1.29 is 9.18 Å². The number of aromatic amines is 1. The van der Waals surface area contributed by atoms with Crippen LogP contribution in [0.5, 0.6) is 0 Å². The fourth-order valence-electron chi connectivity index (χ4n) is 3.61. The van der Waals surface area contributed by atoms with E-state index in [0.29, 0.717) is 16.5 Å². The maximum Gasteiger partial charge on any atom is 0.192 e. The first-order chi connectivity index (χ1) is 12.5. The molecule has 3 heterocycles. The lowest BCUT2D eigenvalue weighted by Gasteiger charge is -2.40. The van der Waals surface area contributed by atoms with E-state index in [1.165, 1.54) is 18.0 Å². The highest BCUT2D eigenvalue weighted by Gasteiger charge is 2.51. The molecule has 1 spiro atoms. The second-order valence-corrected chi connectivity index (χ2v) is 8.01. The van der Waals surface area contributed by atoms with E-state index in [1.807, 2.05) is 6.08 Å². The molecule has 9 heteroatoms. The quantitative estimate of drug-likeness (QED) is 0.602. The summed E-state index contributed by atoms with van der Waals surface area (Å²) in [5, 5.41) is 10.6. The monoisotopic (exact) mass is 431 g/mol. The van der Waals surface area contributed by atoms with Gasteiger partial charge in [0.15, 0.2) is 5.78 Å². The second-order valence-electron chi connectivity index (χ2n) is 6.15. The fraction of sp³-hybridized carbons (Fsp3) is 0.118. The highest BCUT2D eigenvalue weighted by molar-refractivity contribution is 9.12. The van der Waals surface area contributed by atoms with Gasteiger partial charge in [0.1, 0.15) is 16.2 Å². The molecule has 0 radical (unpaired) electrons. The van der Waals surface area contributed by atoms with E-state index in [2.05, 4.69) is 35.8 Å². The molecule has 0 fully saturated rings. The zero-order chi connectivity index (χ0) is 18.1. The van der Waals surface area contributed by atoms with Crippen molar-refractivity contribution in [2.45, 2.75) is 4.87 Å². The van der Waals surface area contributed by atoms with E-state index in [4.69, 9.17) is 5.73 Å². The van der Waals surface area contributed by atoms with Gasteiger partial charge in [0.2, 0.25) is 0 Å². The van der Waals surface area contributed by atoms with Crippen molar-refractivity contribution in [3.05, 3.63) is 57.1 Å². The molecule has 0 amide bonds. The van der Waals surface area contributed by atoms with Crippen LogP contribution < -0.4 is 11.1 Å². The number of Topliss-reactive ketones (excluding diaryl/α,β-unsaturated/α-hetero) is 1. The summed E-state index contributed by atoms with van der Waals surface area (Å²) in [4.78, 5) is 11.6. The highest BCUT2D eigenvalue weighted by atomic mass is 79.9. The molecule has 2 aliphatic heterocycles. The lowest BCUT2D eigenvalue weighted by atomic mass is 9.79. The second kappa shape index (κ2) is 5.38. The van der Waals surface area contributed by atoms with Crippen LogP contribution in [-0.2, 0) is 4.79 Å². The molecule has 1 atom stereocenters. The van der Waals surface area contributed by atoms with Crippen LogP contribution in [0.2, 0.25) is 0 Å². The molecule has 2 aromatic rings. The number of rotatable bonds is 1. The van der Waals surface area contributed by atoms with Gasteiger partial charge in [0, 0.05) is 39.2 Å². The lowest BCUT2D eigenvalue weighted by molar-refractivity contribution is -0.115. The average molecular weight is 432 g/mol. The number of benzene rings is 1. The van der Waals surface area contributed by atoms with E-state index in [0.717, 1.165) is 21.2 Å². The Labute approximate surface area is 159 Å². The van der Waals surface area contributed by atoms with Gasteiger partial charge in [-0.2, -0.15) is 5.10 Å². The molecule has 3 aliphatic rings. The molecular weight excluding hydrogens is 421 g/mol. The van der Waals surface area contributed by atoms with E-state index >= 15 is 0 Å². The van der Waals surface area contributed by atoms with Crippen molar-refractivity contribution in [1.82, 2.24) is 15.5 Å². The lowest BCUT2D eigenvalue weighted by Crippen LogP contribution is -2.53. The summed E-state index contributed by atoms with van der Waals surface area (Å²) in [6, 6.07) is 3.06. The molecule has 4 N–H and O–H groups in total. The number of hydrogen-bond donors (Lipinski definition) is 3. The number of aromatic nitrogens is 2. The predicted octanol–water partition coefficient (Wildman–Crippen LogP) is 2.56. The highest BCUT2D eigenvalue weighted by Crippen LogP contribution is 2.54. The van der Waals surface area contributed by atoms with Gasteiger partial charge in [0.05, 0.1) is 18.4 Å². The summed E-state index contributed by atoms with van der Waals surface area (Å²) in [7, 11) is 0. The topological polar surface area (TPSA) is 96.2 Å². The Bertz CT molecular complexity index is 1130. The molecule has 1 unspecified atom stereocenters. The van der Waals surface area contributed by atoms with E-state index in [9.17, 15) is 9.18 Å². The van der Waals surface area contributed by atoms with Gasteiger partial charge in [-0.15, -0.1) is 0 Å². The van der Waals surface area contributed by atoms with Crippen LogP contribution in [0.25, 0.3) is 16.5 Å². The molecular formula is C17H11BrFN5OS. The Morgan fingerprint density at radius 3 is 3.08 bits per heavy atom. The smallest absolute Gasteiger partial charge is 0.192 e. The number of H-pyrrole nitrogens is 1. The number of fused-ring (bicyclic) bond motifs is 1. The van der Waals surface area contributed by atoms with Crippen LogP contribution in [0.4, 0.5) is 4.39 Å². The molecule has 0 saturated heterocycles. The van der Waals surface area contributed by atoms with Crippen LogP contribution in [0.1, 0.15) is 5.56 Å². The van der Waals surface area contributed by atoms with Crippen molar-refractivity contribution >= 4 is 56.4 Å². The zero-order valence-electron chi connectivity index (χ0n) is 13.1. The van der Waals surface area contributed by atoms with Gasteiger partial charge < -0.3 is 5.73 Å². The number of nitrogens with two attached hydrogens (primary N) is 1. The van der Waals surface area contributed by atoms with E-state index in [-0.39, 0.29) is 23.8 Å². The Balaban J connectivity index is 1.86.